The third kappa shape index (κ3) is 4.97. The Bertz CT molecular complexity index is 2250. The van der Waals surface area contributed by atoms with Crippen molar-refractivity contribution >= 4 is 55.2 Å². The van der Waals surface area contributed by atoms with Crippen LogP contribution in [0.25, 0.3) is 77.5 Å². The van der Waals surface area contributed by atoms with E-state index in [0.717, 1.165) is 0 Å². The first kappa shape index (κ1) is 27.1. The maximum Gasteiger partial charge on any atom is -0.00208 e. The number of fused-ring (bicyclic) bond motifs is 4. The molecule has 0 nitrogen and oxygen atoms in total. The first-order valence-electron chi connectivity index (χ1n) is 15.0. The van der Waals surface area contributed by atoms with Crippen molar-refractivity contribution in [1.29, 1.82) is 0 Å². The summed E-state index contributed by atoms with van der Waals surface area (Å²) in [6.07, 6.45) is 3.88. The summed E-state index contributed by atoms with van der Waals surface area (Å²) in [5.41, 5.74) is 7.38. The Morgan fingerprint density at radius 2 is 0.841 bits per heavy atom. The summed E-state index contributed by atoms with van der Waals surface area (Å²) in [5, 5.41) is 10.2. The molecule has 208 valence electrons. The highest BCUT2D eigenvalue weighted by Gasteiger charge is 2.12. The summed E-state index contributed by atoms with van der Waals surface area (Å²) in [6, 6.07) is 55.9. The normalized spacial score (nSPS) is 10.9. The van der Waals surface area contributed by atoms with Crippen molar-refractivity contribution in [3.8, 4) is 22.3 Å². The predicted molar refractivity (Wildman–Crippen MR) is 194 cm³/mol. The van der Waals surface area contributed by atoms with Gasteiger partial charge in [0.1, 0.15) is 0 Å². The van der Waals surface area contributed by atoms with E-state index in [9.17, 15) is 0 Å². The molecule has 0 amide bonds. The van der Waals surface area contributed by atoms with Crippen LogP contribution < -0.4 is 0 Å². The molecule has 0 aliphatic heterocycles. The highest BCUT2D eigenvalue weighted by molar-refractivity contribution is 6.13. The Balaban J connectivity index is 0.000000142. The molecule has 8 aromatic carbocycles. The Labute approximate surface area is 258 Å². The molecule has 0 unspecified atom stereocenters. The van der Waals surface area contributed by atoms with E-state index in [1.807, 2.05) is 12.2 Å². The first-order chi connectivity index (χ1) is 21.7. The van der Waals surface area contributed by atoms with Crippen LogP contribution in [0.4, 0.5) is 0 Å². The van der Waals surface area contributed by atoms with Crippen molar-refractivity contribution in [2.24, 2.45) is 0 Å². The number of hydrogen-bond donors (Lipinski definition) is 0. The fourth-order valence-electron chi connectivity index (χ4n) is 6.33. The van der Waals surface area contributed by atoms with Crippen molar-refractivity contribution in [2.45, 2.75) is 0 Å². The van der Waals surface area contributed by atoms with E-state index in [-0.39, 0.29) is 0 Å². The van der Waals surface area contributed by atoms with Gasteiger partial charge < -0.3 is 0 Å². The highest BCUT2D eigenvalue weighted by atomic mass is 14.2. The van der Waals surface area contributed by atoms with Gasteiger partial charge in [-0.1, -0.05) is 165 Å². The maximum absolute atomic E-state index is 3.99. The van der Waals surface area contributed by atoms with Gasteiger partial charge in [0.2, 0.25) is 0 Å². The topological polar surface area (TPSA) is 0 Å². The van der Waals surface area contributed by atoms with Crippen molar-refractivity contribution in [3.63, 3.8) is 0 Å². The molecule has 0 spiro atoms. The number of hydrogen-bond acceptors (Lipinski definition) is 0. The van der Waals surface area contributed by atoms with Gasteiger partial charge in [-0.05, 0) is 94.7 Å². The molecule has 8 rings (SSSR count). The lowest BCUT2D eigenvalue weighted by Gasteiger charge is -2.14. The quantitative estimate of drug-likeness (QED) is 0.188. The van der Waals surface area contributed by atoms with Gasteiger partial charge in [-0.15, -0.1) is 0 Å². The molecule has 0 aromatic heterocycles. The minimum Gasteiger partial charge on any atom is -0.0984 e. The molecule has 0 fully saturated rings. The van der Waals surface area contributed by atoms with Crippen LogP contribution >= 0.6 is 0 Å². The molecule has 44 heavy (non-hydrogen) atoms. The van der Waals surface area contributed by atoms with E-state index in [2.05, 4.69) is 171 Å². The van der Waals surface area contributed by atoms with Crippen LogP contribution in [0.2, 0.25) is 0 Å². The van der Waals surface area contributed by atoms with Crippen molar-refractivity contribution in [1.82, 2.24) is 0 Å². The molecular formula is C44H32. The van der Waals surface area contributed by atoms with E-state index in [4.69, 9.17) is 0 Å². The fraction of sp³-hybridized carbons (Fsp3) is 0. The average Bonchev–Trinajstić information content (AvgIpc) is 3.09. The minimum absolute atomic E-state index is 1.17. The molecule has 0 aliphatic rings. The SMILES string of the molecule is C=Cc1ccc2cc3ccccc3cc2c1-c1ccccc1.C=Cc1ccccc1-c1c2ccccc2cc2ccccc12. The Hall–Kier alpha value is -5.72. The lowest BCUT2D eigenvalue weighted by Crippen LogP contribution is -1.88. The Kier molecular flexibility index (Phi) is 7.32. The molecule has 8 aromatic rings. The Morgan fingerprint density at radius 1 is 0.341 bits per heavy atom. The van der Waals surface area contributed by atoms with E-state index >= 15 is 0 Å². The van der Waals surface area contributed by atoms with E-state index in [1.54, 1.807) is 0 Å². The van der Waals surface area contributed by atoms with Gasteiger partial charge in [-0.3, -0.25) is 0 Å². The second kappa shape index (κ2) is 11.9. The third-order valence-electron chi connectivity index (χ3n) is 8.42. The first-order valence-corrected chi connectivity index (χ1v) is 15.0. The predicted octanol–water partition coefficient (Wildman–Crippen LogP) is 12.6. The van der Waals surface area contributed by atoms with Gasteiger partial charge in [0, 0.05) is 0 Å². The standard InChI is InChI=1S/2C22H16/c1-2-16-9-3-6-12-19(16)22-20-13-7-4-10-17(20)15-18-11-5-8-14-21(18)22;1-2-16-12-13-20-14-18-10-6-7-11-19(18)15-21(20)22(16)17-8-4-3-5-9-17/h2*2-15H,1H2. The highest BCUT2D eigenvalue weighted by Crippen LogP contribution is 2.38. The molecule has 0 saturated heterocycles. The van der Waals surface area contributed by atoms with E-state index in [0.29, 0.717) is 0 Å². The fourth-order valence-corrected chi connectivity index (χ4v) is 6.33. The molecular weight excluding hydrogens is 528 g/mol. The Morgan fingerprint density at radius 3 is 1.50 bits per heavy atom. The van der Waals surface area contributed by atoms with Gasteiger partial charge in [0.15, 0.2) is 0 Å². The lowest BCUT2D eigenvalue weighted by atomic mass is 9.90. The molecule has 0 saturated carbocycles. The average molecular weight is 561 g/mol. The van der Waals surface area contributed by atoms with Crippen LogP contribution in [-0.2, 0) is 0 Å². The zero-order valence-electron chi connectivity index (χ0n) is 24.6. The zero-order valence-corrected chi connectivity index (χ0v) is 24.6. The summed E-state index contributed by atoms with van der Waals surface area (Å²) in [7, 11) is 0. The molecule has 0 heterocycles. The smallest absolute Gasteiger partial charge is 0.00208 e. The van der Waals surface area contributed by atoms with Gasteiger partial charge in [-0.2, -0.15) is 0 Å². The van der Waals surface area contributed by atoms with Crippen LogP contribution in [0.5, 0.6) is 0 Å². The molecule has 0 heteroatoms. The minimum atomic E-state index is 1.17. The van der Waals surface area contributed by atoms with Crippen molar-refractivity contribution in [3.05, 3.63) is 182 Å². The van der Waals surface area contributed by atoms with E-state index < -0.39 is 0 Å². The van der Waals surface area contributed by atoms with Gasteiger partial charge in [-0.25, -0.2) is 0 Å². The summed E-state index contributed by atoms with van der Waals surface area (Å²) in [6.45, 7) is 7.96. The van der Waals surface area contributed by atoms with Crippen LogP contribution in [0.1, 0.15) is 11.1 Å². The zero-order chi connectivity index (χ0) is 29.9. The molecule has 0 N–H and O–H groups in total. The summed E-state index contributed by atoms with van der Waals surface area (Å²) >= 11 is 0. The molecule has 0 bridgehead atoms. The van der Waals surface area contributed by atoms with Gasteiger partial charge in [0.05, 0.1) is 0 Å². The second-order valence-electron chi connectivity index (χ2n) is 11.0. The van der Waals surface area contributed by atoms with Crippen LogP contribution in [0.15, 0.2) is 171 Å². The van der Waals surface area contributed by atoms with Crippen LogP contribution in [-0.4, -0.2) is 0 Å². The molecule has 0 atom stereocenters. The monoisotopic (exact) mass is 560 g/mol. The largest absolute Gasteiger partial charge is 0.0984 e. The third-order valence-corrected chi connectivity index (χ3v) is 8.42. The second-order valence-corrected chi connectivity index (χ2v) is 11.0. The lowest BCUT2D eigenvalue weighted by molar-refractivity contribution is 1.63. The van der Waals surface area contributed by atoms with Gasteiger partial charge >= 0.3 is 0 Å². The van der Waals surface area contributed by atoms with Crippen LogP contribution in [0.3, 0.4) is 0 Å². The molecule has 0 aliphatic carbocycles. The number of benzene rings is 8. The summed E-state index contributed by atoms with van der Waals surface area (Å²) < 4.78 is 0. The summed E-state index contributed by atoms with van der Waals surface area (Å²) in [4.78, 5) is 0. The summed E-state index contributed by atoms with van der Waals surface area (Å²) in [5.74, 6) is 0. The molecule has 0 radical (unpaired) electrons. The number of rotatable bonds is 4. The van der Waals surface area contributed by atoms with E-state index in [1.165, 1.54) is 76.5 Å². The maximum atomic E-state index is 3.99. The van der Waals surface area contributed by atoms with Gasteiger partial charge in [0.25, 0.3) is 0 Å². The van der Waals surface area contributed by atoms with Crippen molar-refractivity contribution in [2.75, 3.05) is 0 Å². The van der Waals surface area contributed by atoms with Crippen molar-refractivity contribution < 1.29 is 0 Å². The van der Waals surface area contributed by atoms with Crippen LogP contribution in [0, 0.1) is 0 Å².